The molecule has 2 nitrogen and oxygen atoms in total. The van der Waals surface area contributed by atoms with Gasteiger partial charge in [0, 0.05) is 18.7 Å². The third kappa shape index (κ3) is 4.55. The highest BCUT2D eigenvalue weighted by Gasteiger charge is 2.17. The van der Waals surface area contributed by atoms with Crippen molar-refractivity contribution in [3.8, 4) is 0 Å². The molecule has 2 rings (SSSR count). The van der Waals surface area contributed by atoms with E-state index in [0.29, 0.717) is 18.7 Å². The van der Waals surface area contributed by atoms with Gasteiger partial charge < -0.3 is 4.90 Å². The molecule has 0 atom stereocenters. The molecule has 2 heteroatoms. The van der Waals surface area contributed by atoms with Gasteiger partial charge in [0.1, 0.15) is 0 Å². The van der Waals surface area contributed by atoms with E-state index >= 15 is 0 Å². The second kappa shape index (κ2) is 8.54. The minimum absolute atomic E-state index is 0.0279. The van der Waals surface area contributed by atoms with Gasteiger partial charge in [-0.15, -0.1) is 13.2 Å². The van der Waals surface area contributed by atoms with Crippen LogP contribution < -0.4 is 0 Å². The van der Waals surface area contributed by atoms with Gasteiger partial charge >= 0.3 is 0 Å². The summed E-state index contributed by atoms with van der Waals surface area (Å²) in [6, 6.07) is 19.6. The molecule has 0 aliphatic rings. The smallest absolute Gasteiger partial charge is 0.255 e. The van der Waals surface area contributed by atoms with Crippen molar-refractivity contribution in [2.24, 2.45) is 0 Å². The first-order chi connectivity index (χ1) is 11.3. The third-order valence-corrected chi connectivity index (χ3v) is 3.41. The molecule has 0 spiro atoms. The Morgan fingerprint density at radius 3 is 1.91 bits per heavy atom. The maximum absolute atomic E-state index is 13.0. The van der Waals surface area contributed by atoms with Gasteiger partial charge in [0.25, 0.3) is 5.91 Å². The summed E-state index contributed by atoms with van der Waals surface area (Å²) in [5, 5.41) is 0. The summed E-state index contributed by atoms with van der Waals surface area (Å²) in [5.74, 6) is -0.0279. The molecule has 0 fully saturated rings. The normalized spacial score (nSPS) is 10.9. The molecule has 0 bridgehead atoms. The Kier molecular flexibility index (Phi) is 6.13. The number of hydrogen-bond acceptors (Lipinski definition) is 1. The Morgan fingerprint density at radius 1 is 0.870 bits per heavy atom. The lowest BCUT2D eigenvalue weighted by molar-refractivity contribution is -0.124. The van der Waals surface area contributed by atoms with Crippen LogP contribution in [0.1, 0.15) is 11.1 Å². The molecule has 0 unspecified atom stereocenters. The van der Waals surface area contributed by atoms with Crippen molar-refractivity contribution in [1.29, 1.82) is 0 Å². The van der Waals surface area contributed by atoms with Gasteiger partial charge in [0.05, 0.1) is 0 Å². The van der Waals surface area contributed by atoms with Gasteiger partial charge in [0.15, 0.2) is 0 Å². The molecule has 0 saturated carbocycles. The van der Waals surface area contributed by atoms with Gasteiger partial charge in [0.2, 0.25) is 0 Å². The quantitative estimate of drug-likeness (QED) is 0.421. The topological polar surface area (TPSA) is 20.3 Å². The molecule has 0 N–H and O–H groups in total. The summed E-state index contributed by atoms with van der Waals surface area (Å²) in [6.45, 7) is 8.45. The van der Waals surface area contributed by atoms with E-state index in [0.717, 1.165) is 11.1 Å². The van der Waals surface area contributed by atoms with Crippen LogP contribution in [0.25, 0.3) is 11.6 Å². The van der Waals surface area contributed by atoms with E-state index in [1.165, 1.54) is 0 Å². The van der Waals surface area contributed by atoms with Crippen LogP contribution >= 0.6 is 0 Å². The lowest BCUT2D eigenvalue weighted by atomic mass is 10.0. The largest absolute Gasteiger partial charge is 0.331 e. The number of rotatable bonds is 7. The lowest BCUT2D eigenvalue weighted by Gasteiger charge is -2.21. The maximum atomic E-state index is 13.0. The van der Waals surface area contributed by atoms with Crippen molar-refractivity contribution in [1.82, 2.24) is 4.90 Å². The minimum Gasteiger partial charge on any atom is -0.331 e. The van der Waals surface area contributed by atoms with Crippen LogP contribution in [0.15, 0.2) is 86.0 Å². The Bertz CT molecular complexity index is 676. The van der Waals surface area contributed by atoms with Gasteiger partial charge in [-0.1, -0.05) is 72.8 Å². The first kappa shape index (κ1) is 16.5. The number of hydrogen-bond donors (Lipinski definition) is 0. The monoisotopic (exact) mass is 303 g/mol. The van der Waals surface area contributed by atoms with Crippen molar-refractivity contribution in [2.75, 3.05) is 13.1 Å². The standard InChI is InChI=1S/C21H21NO/c1-3-15-22(16-4-2)21(23)20(19-13-9-6-10-14-19)17-18-11-7-5-8-12-18/h3-14,17H,1-2,15-16H2. The fraction of sp³-hybridized carbons (Fsp3) is 0.0952. The lowest BCUT2D eigenvalue weighted by Crippen LogP contribution is -2.32. The van der Waals surface area contributed by atoms with Crippen LogP contribution in [-0.4, -0.2) is 23.9 Å². The first-order valence-electron chi connectivity index (χ1n) is 7.59. The van der Waals surface area contributed by atoms with Crippen molar-refractivity contribution in [3.63, 3.8) is 0 Å². The SMILES string of the molecule is C=CCN(CC=C)C(=O)C(=Cc1ccccc1)c1ccccc1. The summed E-state index contributed by atoms with van der Waals surface area (Å²) in [6.07, 6.45) is 5.38. The summed E-state index contributed by atoms with van der Waals surface area (Å²) in [7, 11) is 0. The summed E-state index contributed by atoms with van der Waals surface area (Å²) in [5.41, 5.74) is 2.57. The zero-order valence-corrected chi connectivity index (χ0v) is 13.2. The van der Waals surface area contributed by atoms with Crippen LogP contribution in [0.5, 0.6) is 0 Å². The van der Waals surface area contributed by atoms with E-state index in [4.69, 9.17) is 0 Å². The molecular formula is C21H21NO. The van der Waals surface area contributed by atoms with E-state index in [9.17, 15) is 4.79 Å². The van der Waals surface area contributed by atoms with Crippen molar-refractivity contribution >= 4 is 17.6 Å². The molecule has 0 heterocycles. The number of benzene rings is 2. The van der Waals surface area contributed by atoms with Gasteiger partial charge in [-0.05, 0) is 17.2 Å². The third-order valence-electron chi connectivity index (χ3n) is 3.41. The first-order valence-corrected chi connectivity index (χ1v) is 7.59. The Hall–Kier alpha value is -2.87. The number of amides is 1. The minimum atomic E-state index is -0.0279. The van der Waals surface area contributed by atoms with E-state index in [2.05, 4.69) is 13.2 Å². The Labute approximate surface area is 138 Å². The molecule has 0 aliphatic carbocycles. The predicted octanol–water partition coefficient (Wildman–Crippen LogP) is 4.43. The zero-order valence-electron chi connectivity index (χ0n) is 13.2. The van der Waals surface area contributed by atoms with Gasteiger partial charge in [-0.25, -0.2) is 0 Å². The fourth-order valence-electron chi connectivity index (χ4n) is 2.32. The molecule has 0 aromatic heterocycles. The number of carbonyl (C=O) groups excluding carboxylic acids is 1. The molecule has 0 saturated heterocycles. The predicted molar refractivity (Wildman–Crippen MR) is 97.7 cm³/mol. The average Bonchev–Trinajstić information content (AvgIpc) is 2.60. The van der Waals surface area contributed by atoms with Crippen LogP contribution in [0.4, 0.5) is 0 Å². The van der Waals surface area contributed by atoms with Gasteiger partial charge in [-0.3, -0.25) is 4.79 Å². The molecular weight excluding hydrogens is 282 g/mol. The summed E-state index contributed by atoms with van der Waals surface area (Å²) in [4.78, 5) is 14.7. The molecule has 2 aromatic rings. The van der Waals surface area contributed by atoms with Gasteiger partial charge in [-0.2, -0.15) is 0 Å². The fourth-order valence-corrected chi connectivity index (χ4v) is 2.32. The van der Waals surface area contributed by atoms with Crippen molar-refractivity contribution in [2.45, 2.75) is 0 Å². The van der Waals surface area contributed by atoms with Crippen LogP contribution in [-0.2, 0) is 4.79 Å². The maximum Gasteiger partial charge on any atom is 0.255 e. The highest BCUT2D eigenvalue weighted by Crippen LogP contribution is 2.21. The highest BCUT2D eigenvalue weighted by atomic mass is 16.2. The van der Waals surface area contributed by atoms with E-state index in [-0.39, 0.29) is 5.91 Å². The average molecular weight is 303 g/mol. The van der Waals surface area contributed by atoms with Crippen LogP contribution in [0.2, 0.25) is 0 Å². The van der Waals surface area contributed by atoms with Crippen molar-refractivity contribution in [3.05, 3.63) is 97.1 Å². The zero-order chi connectivity index (χ0) is 16.5. The van der Waals surface area contributed by atoms with E-state index in [1.54, 1.807) is 17.1 Å². The summed E-state index contributed by atoms with van der Waals surface area (Å²) < 4.78 is 0. The molecule has 0 aliphatic heterocycles. The number of carbonyl (C=O) groups is 1. The Balaban J connectivity index is 2.45. The van der Waals surface area contributed by atoms with E-state index < -0.39 is 0 Å². The van der Waals surface area contributed by atoms with Crippen LogP contribution in [0, 0.1) is 0 Å². The molecule has 0 radical (unpaired) electrons. The second-order valence-corrected chi connectivity index (χ2v) is 5.12. The van der Waals surface area contributed by atoms with Crippen LogP contribution in [0.3, 0.4) is 0 Å². The molecule has 23 heavy (non-hydrogen) atoms. The molecule has 116 valence electrons. The molecule has 2 aromatic carbocycles. The van der Waals surface area contributed by atoms with E-state index in [1.807, 2.05) is 66.7 Å². The summed E-state index contributed by atoms with van der Waals surface area (Å²) >= 11 is 0. The Morgan fingerprint density at radius 2 is 1.39 bits per heavy atom. The van der Waals surface area contributed by atoms with Crippen molar-refractivity contribution < 1.29 is 4.79 Å². The highest BCUT2D eigenvalue weighted by molar-refractivity contribution is 6.24. The molecule has 1 amide bonds. The number of nitrogens with zero attached hydrogens (tertiary/aromatic N) is 1. The second-order valence-electron chi connectivity index (χ2n) is 5.12.